The van der Waals surface area contributed by atoms with Crippen molar-refractivity contribution in [1.29, 1.82) is 0 Å². The van der Waals surface area contributed by atoms with Crippen molar-refractivity contribution < 1.29 is 9.50 Å². The van der Waals surface area contributed by atoms with Gasteiger partial charge < -0.3 is 16.2 Å². The summed E-state index contributed by atoms with van der Waals surface area (Å²) in [6, 6.07) is 6.23. The van der Waals surface area contributed by atoms with Crippen molar-refractivity contribution >= 4 is 28.6 Å². The Labute approximate surface area is 160 Å². The molecule has 142 valence electrons. The van der Waals surface area contributed by atoms with Crippen LogP contribution in [0.1, 0.15) is 12.0 Å². The third-order valence-corrected chi connectivity index (χ3v) is 5.12. The number of benzene rings is 1. The molecule has 2 aromatic heterocycles. The van der Waals surface area contributed by atoms with E-state index in [0.29, 0.717) is 24.6 Å². The first-order chi connectivity index (χ1) is 13.0. The van der Waals surface area contributed by atoms with Crippen LogP contribution in [-0.4, -0.2) is 49.8 Å². The Morgan fingerprint density at radius 2 is 2.22 bits per heavy atom. The molecule has 0 spiro atoms. The zero-order valence-corrected chi connectivity index (χ0v) is 15.3. The second-order valence-corrected chi connectivity index (χ2v) is 7.16. The van der Waals surface area contributed by atoms with Crippen LogP contribution in [0.25, 0.3) is 5.52 Å². The SMILES string of the molecule is NC1CCN(Cc2ccn3ncnc(Nc4ccc(F)c(Cl)c4)c23)CC1O. The normalized spacial score (nSPS) is 20.9. The molecule has 0 aliphatic carbocycles. The van der Waals surface area contributed by atoms with Gasteiger partial charge in [-0.15, -0.1) is 0 Å². The van der Waals surface area contributed by atoms with E-state index in [1.807, 2.05) is 12.3 Å². The number of aliphatic hydroxyl groups excluding tert-OH is 1. The number of rotatable bonds is 4. The summed E-state index contributed by atoms with van der Waals surface area (Å²) in [6.07, 6.45) is 3.54. The van der Waals surface area contributed by atoms with Crippen LogP contribution in [-0.2, 0) is 6.54 Å². The highest BCUT2D eigenvalue weighted by Crippen LogP contribution is 2.27. The summed E-state index contributed by atoms with van der Waals surface area (Å²) in [7, 11) is 0. The van der Waals surface area contributed by atoms with Gasteiger partial charge in [-0.05, 0) is 36.2 Å². The molecule has 4 N–H and O–H groups in total. The molecule has 9 heteroatoms. The van der Waals surface area contributed by atoms with Crippen LogP contribution in [0, 0.1) is 5.82 Å². The minimum absolute atomic E-state index is 0.0410. The van der Waals surface area contributed by atoms with E-state index in [1.165, 1.54) is 18.5 Å². The molecule has 4 rings (SSSR count). The van der Waals surface area contributed by atoms with Crippen molar-refractivity contribution in [2.75, 3.05) is 18.4 Å². The van der Waals surface area contributed by atoms with Crippen LogP contribution in [0.5, 0.6) is 0 Å². The third kappa shape index (κ3) is 3.74. The average Bonchev–Trinajstić information content (AvgIpc) is 3.05. The van der Waals surface area contributed by atoms with E-state index in [-0.39, 0.29) is 11.1 Å². The fraction of sp³-hybridized carbons (Fsp3) is 0.333. The molecular formula is C18H20ClFN6O. The lowest BCUT2D eigenvalue weighted by molar-refractivity contribution is 0.0501. The van der Waals surface area contributed by atoms with Gasteiger partial charge in [-0.1, -0.05) is 11.6 Å². The highest BCUT2D eigenvalue weighted by atomic mass is 35.5. The molecule has 27 heavy (non-hydrogen) atoms. The van der Waals surface area contributed by atoms with Crippen LogP contribution >= 0.6 is 11.6 Å². The first-order valence-electron chi connectivity index (χ1n) is 8.70. The van der Waals surface area contributed by atoms with E-state index in [9.17, 15) is 9.50 Å². The quantitative estimate of drug-likeness (QED) is 0.632. The number of fused-ring (bicyclic) bond motifs is 1. The number of halogens is 2. The number of β-amino-alcohol motifs (C(OH)–C–C–N with tert-alkyl or cyclic N) is 1. The number of nitrogens with one attached hydrogen (secondary N) is 1. The molecule has 0 radical (unpaired) electrons. The summed E-state index contributed by atoms with van der Waals surface area (Å²) in [5.74, 6) is 0.127. The summed E-state index contributed by atoms with van der Waals surface area (Å²) in [6.45, 7) is 1.99. The van der Waals surface area contributed by atoms with Gasteiger partial charge in [-0.3, -0.25) is 4.90 Å². The Balaban J connectivity index is 1.62. The third-order valence-electron chi connectivity index (χ3n) is 4.83. The van der Waals surface area contributed by atoms with E-state index < -0.39 is 11.9 Å². The van der Waals surface area contributed by atoms with E-state index in [4.69, 9.17) is 17.3 Å². The maximum absolute atomic E-state index is 13.4. The number of likely N-dealkylation sites (tertiary alicyclic amines) is 1. The summed E-state index contributed by atoms with van der Waals surface area (Å²) >= 11 is 5.87. The molecule has 3 heterocycles. The maximum Gasteiger partial charge on any atom is 0.158 e. The lowest BCUT2D eigenvalue weighted by Crippen LogP contribution is -2.50. The van der Waals surface area contributed by atoms with Gasteiger partial charge in [0.05, 0.1) is 11.1 Å². The monoisotopic (exact) mass is 390 g/mol. The molecule has 3 aromatic rings. The number of hydrogen-bond acceptors (Lipinski definition) is 6. The van der Waals surface area contributed by atoms with Crippen LogP contribution in [0.4, 0.5) is 15.9 Å². The standard InChI is InChI=1S/C18H20ClFN6O/c19-13-7-12(1-2-14(13)20)24-18-17-11(3-6-26(17)23-10-22-18)8-25-5-4-15(21)16(27)9-25/h1-3,6-7,10,15-16,27H,4-5,8-9,21H2,(H,22,23,24). The molecule has 1 aromatic carbocycles. The molecule has 1 aliphatic heterocycles. The number of piperidine rings is 1. The Morgan fingerprint density at radius 1 is 1.37 bits per heavy atom. The average molecular weight is 391 g/mol. The lowest BCUT2D eigenvalue weighted by atomic mass is 10.0. The minimum Gasteiger partial charge on any atom is -0.390 e. The van der Waals surface area contributed by atoms with Gasteiger partial charge in [0.25, 0.3) is 0 Å². The zero-order chi connectivity index (χ0) is 19.0. The van der Waals surface area contributed by atoms with Crippen molar-refractivity contribution in [3.05, 3.63) is 53.2 Å². The Kier molecular flexibility index (Phi) is 4.96. The van der Waals surface area contributed by atoms with E-state index >= 15 is 0 Å². The lowest BCUT2D eigenvalue weighted by Gasteiger charge is -2.33. The van der Waals surface area contributed by atoms with E-state index in [0.717, 1.165) is 24.0 Å². The summed E-state index contributed by atoms with van der Waals surface area (Å²) in [5, 5.41) is 17.5. The zero-order valence-electron chi connectivity index (χ0n) is 14.5. The summed E-state index contributed by atoms with van der Waals surface area (Å²) < 4.78 is 15.1. The predicted octanol–water partition coefficient (Wildman–Crippen LogP) is 2.16. The molecule has 1 aliphatic rings. The van der Waals surface area contributed by atoms with Crippen LogP contribution in [0.2, 0.25) is 5.02 Å². The molecule has 7 nitrogen and oxygen atoms in total. The Bertz CT molecular complexity index is 964. The molecule has 0 amide bonds. The second kappa shape index (κ2) is 7.40. The Morgan fingerprint density at radius 3 is 3.00 bits per heavy atom. The van der Waals surface area contributed by atoms with E-state index in [2.05, 4.69) is 20.3 Å². The van der Waals surface area contributed by atoms with Gasteiger partial charge in [-0.25, -0.2) is 13.9 Å². The highest BCUT2D eigenvalue weighted by molar-refractivity contribution is 6.31. The van der Waals surface area contributed by atoms with Crippen molar-refractivity contribution in [2.45, 2.75) is 25.1 Å². The number of aromatic nitrogens is 3. The van der Waals surface area contributed by atoms with Gasteiger partial charge >= 0.3 is 0 Å². The smallest absolute Gasteiger partial charge is 0.158 e. The number of aliphatic hydroxyl groups is 1. The molecule has 0 bridgehead atoms. The number of nitrogens with two attached hydrogens (primary N) is 1. The fourth-order valence-corrected chi connectivity index (χ4v) is 3.53. The van der Waals surface area contributed by atoms with Crippen molar-refractivity contribution in [1.82, 2.24) is 19.5 Å². The first kappa shape index (κ1) is 18.1. The second-order valence-electron chi connectivity index (χ2n) is 6.75. The molecule has 1 fully saturated rings. The minimum atomic E-state index is -0.525. The Hall–Kier alpha value is -2.26. The van der Waals surface area contributed by atoms with Gasteiger partial charge in [0, 0.05) is 37.6 Å². The summed E-state index contributed by atoms with van der Waals surface area (Å²) in [5.41, 5.74) is 8.37. The fourth-order valence-electron chi connectivity index (χ4n) is 3.35. The van der Waals surface area contributed by atoms with Crippen molar-refractivity contribution in [3.63, 3.8) is 0 Å². The van der Waals surface area contributed by atoms with Crippen molar-refractivity contribution in [2.24, 2.45) is 5.73 Å². The molecule has 2 unspecified atom stereocenters. The summed E-state index contributed by atoms with van der Waals surface area (Å²) in [4.78, 5) is 6.50. The molecule has 0 saturated carbocycles. The van der Waals surface area contributed by atoms with Crippen LogP contribution in [0.15, 0.2) is 36.8 Å². The topological polar surface area (TPSA) is 91.7 Å². The molecule has 2 atom stereocenters. The van der Waals surface area contributed by atoms with Gasteiger partial charge in [0.1, 0.15) is 17.7 Å². The molecular weight excluding hydrogens is 371 g/mol. The number of hydrogen-bond donors (Lipinski definition) is 3. The van der Waals surface area contributed by atoms with Gasteiger partial charge in [0.2, 0.25) is 0 Å². The predicted molar refractivity (Wildman–Crippen MR) is 102 cm³/mol. The van der Waals surface area contributed by atoms with Crippen molar-refractivity contribution in [3.8, 4) is 0 Å². The van der Waals surface area contributed by atoms with Gasteiger partial charge in [0.15, 0.2) is 5.82 Å². The largest absolute Gasteiger partial charge is 0.390 e. The molecule has 1 saturated heterocycles. The van der Waals surface area contributed by atoms with Gasteiger partial charge in [-0.2, -0.15) is 5.10 Å². The van der Waals surface area contributed by atoms with Crippen LogP contribution in [0.3, 0.4) is 0 Å². The number of nitrogens with zero attached hydrogens (tertiary/aromatic N) is 4. The number of anilines is 2. The van der Waals surface area contributed by atoms with E-state index in [1.54, 1.807) is 10.6 Å². The van der Waals surface area contributed by atoms with Crippen LogP contribution < -0.4 is 11.1 Å². The first-order valence-corrected chi connectivity index (χ1v) is 9.08. The highest BCUT2D eigenvalue weighted by Gasteiger charge is 2.25. The maximum atomic E-state index is 13.4.